The number of hydrogen-bond acceptors (Lipinski definition) is 4. The zero-order valence-electron chi connectivity index (χ0n) is 11.9. The Morgan fingerprint density at radius 1 is 1.05 bits per heavy atom. The Balaban J connectivity index is 2.78. The van der Waals surface area contributed by atoms with Gasteiger partial charge < -0.3 is 14.2 Å². The average molecular weight is 266 g/mol. The molecule has 0 aliphatic rings. The fourth-order valence-corrected chi connectivity index (χ4v) is 1.62. The van der Waals surface area contributed by atoms with Crippen molar-refractivity contribution in [1.29, 1.82) is 0 Å². The van der Waals surface area contributed by atoms with Gasteiger partial charge in [-0.3, -0.25) is 4.79 Å². The van der Waals surface area contributed by atoms with Gasteiger partial charge in [-0.25, -0.2) is 0 Å². The minimum Gasteiger partial charge on any atom is -0.490 e. The van der Waals surface area contributed by atoms with Crippen molar-refractivity contribution in [3.05, 3.63) is 23.8 Å². The zero-order chi connectivity index (χ0) is 14.1. The number of ether oxygens (including phenoxy) is 3. The van der Waals surface area contributed by atoms with E-state index in [0.717, 1.165) is 6.42 Å². The van der Waals surface area contributed by atoms with Gasteiger partial charge >= 0.3 is 0 Å². The lowest BCUT2D eigenvalue weighted by atomic mass is 10.1. The molecule has 0 saturated carbocycles. The molecular weight excluding hydrogens is 244 g/mol. The van der Waals surface area contributed by atoms with Crippen LogP contribution < -0.4 is 9.47 Å². The standard InChI is InChI=1S/C15H22O4/c1-4-9-17-11-13(16)12-7-8-14(18-5-2)15(10-12)19-6-3/h7-8,10H,4-6,9,11H2,1-3H3. The summed E-state index contributed by atoms with van der Waals surface area (Å²) < 4.78 is 16.2. The van der Waals surface area contributed by atoms with Crippen LogP contribution in [0.5, 0.6) is 11.5 Å². The van der Waals surface area contributed by atoms with Crippen LogP contribution in [0.15, 0.2) is 18.2 Å². The first kappa shape index (κ1) is 15.5. The molecule has 19 heavy (non-hydrogen) atoms. The molecule has 0 atom stereocenters. The third kappa shape index (κ3) is 4.91. The number of carbonyl (C=O) groups excluding carboxylic acids is 1. The van der Waals surface area contributed by atoms with Gasteiger partial charge in [0.2, 0.25) is 0 Å². The van der Waals surface area contributed by atoms with Gasteiger partial charge in [0, 0.05) is 12.2 Å². The van der Waals surface area contributed by atoms with Gasteiger partial charge in [-0.05, 0) is 38.5 Å². The first-order valence-electron chi connectivity index (χ1n) is 6.73. The second kappa shape index (κ2) is 8.53. The molecule has 1 rings (SSSR count). The van der Waals surface area contributed by atoms with E-state index in [1.807, 2.05) is 20.8 Å². The summed E-state index contributed by atoms with van der Waals surface area (Å²) in [5.74, 6) is 1.22. The Labute approximate surface area is 114 Å². The largest absolute Gasteiger partial charge is 0.490 e. The van der Waals surface area contributed by atoms with Gasteiger partial charge in [0.15, 0.2) is 17.3 Å². The Hall–Kier alpha value is -1.55. The van der Waals surface area contributed by atoms with Crippen LogP contribution in [0.1, 0.15) is 37.6 Å². The first-order valence-corrected chi connectivity index (χ1v) is 6.73. The molecule has 4 nitrogen and oxygen atoms in total. The first-order chi connectivity index (χ1) is 9.22. The van der Waals surface area contributed by atoms with Crippen molar-refractivity contribution in [2.45, 2.75) is 27.2 Å². The Morgan fingerprint density at radius 3 is 2.37 bits per heavy atom. The maximum atomic E-state index is 11.9. The molecule has 0 N–H and O–H groups in total. The van der Waals surface area contributed by atoms with E-state index in [1.54, 1.807) is 18.2 Å². The number of rotatable bonds is 9. The van der Waals surface area contributed by atoms with E-state index in [1.165, 1.54) is 0 Å². The van der Waals surface area contributed by atoms with Gasteiger partial charge in [0.1, 0.15) is 6.61 Å². The van der Waals surface area contributed by atoms with E-state index in [0.29, 0.717) is 36.9 Å². The average Bonchev–Trinajstić information content (AvgIpc) is 2.41. The normalized spacial score (nSPS) is 10.3. The Bertz CT molecular complexity index is 401. The molecule has 0 unspecified atom stereocenters. The monoisotopic (exact) mass is 266 g/mol. The summed E-state index contributed by atoms with van der Waals surface area (Å²) in [6.07, 6.45) is 0.904. The molecule has 0 spiro atoms. The molecule has 4 heteroatoms. The molecule has 0 bridgehead atoms. The number of benzene rings is 1. The lowest BCUT2D eigenvalue weighted by Crippen LogP contribution is -2.10. The summed E-state index contributed by atoms with van der Waals surface area (Å²) in [7, 11) is 0. The van der Waals surface area contributed by atoms with Crippen molar-refractivity contribution < 1.29 is 19.0 Å². The number of hydrogen-bond donors (Lipinski definition) is 0. The molecule has 0 heterocycles. The fourth-order valence-electron chi connectivity index (χ4n) is 1.62. The minimum absolute atomic E-state index is 0.0440. The molecule has 0 fully saturated rings. The molecule has 1 aromatic rings. The van der Waals surface area contributed by atoms with Crippen molar-refractivity contribution in [1.82, 2.24) is 0 Å². The van der Waals surface area contributed by atoms with Crippen LogP contribution in [0.3, 0.4) is 0 Å². The van der Waals surface area contributed by atoms with Crippen molar-refractivity contribution in [3.8, 4) is 11.5 Å². The number of ketones is 1. The summed E-state index contributed by atoms with van der Waals surface area (Å²) >= 11 is 0. The Kier molecular flexibility index (Phi) is 6.97. The molecule has 1 aromatic carbocycles. The molecule has 106 valence electrons. The summed E-state index contributed by atoms with van der Waals surface area (Å²) in [6.45, 7) is 7.61. The van der Waals surface area contributed by atoms with Crippen molar-refractivity contribution in [2.75, 3.05) is 26.4 Å². The highest BCUT2D eigenvalue weighted by atomic mass is 16.5. The third-order valence-corrected chi connectivity index (χ3v) is 2.45. The van der Waals surface area contributed by atoms with Crippen molar-refractivity contribution >= 4 is 5.78 Å². The molecule has 0 amide bonds. The maximum absolute atomic E-state index is 11.9. The third-order valence-electron chi connectivity index (χ3n) is 2.45. The van der Waals surface area contributed by atoms with Crippen LogP contribution in [0.25, 0.3) is 0 Å². The van der Waals surface area contributed by atoms with E-state index in [9.17, 15) is 4.79 Å². The van der Waals surface area contributed by atoms with Crippen LogP contribution in [-0.4, -0.2) is 32.2 Å². The predicted octanol–water partition coefficient (Wildman–Crippen LogP) is 3.09. The van der Waals surface area contributed by atoms with E-state index >= 15 is 0 Å². The fraction of sp³-hybridized carbons (Fsp3) is 0.533. The second-order valence-electron chi connectivity index (χ2n) is 4.00. The summed E-state index contributed by atoms with van der Waals surface area (Å²) in [5.41, 5.74) is 0.586. The lowest BCUT2D eigenvalue weighted by molar-refractivity contribution is 0.0761. The van der Waals surface area contributed by atoms with Crippen molar-refractivity contribution in [3.63, 3.8) is 0 Å². The van der Waals surface area contributed by atoms with Crippen LogP contribution in [0.2, 0.25) is 0 Å². The van der Waals surface area contributed by atoms with E-state index < -0.39 is 0 Å². The number of Topliss-reactive ketones (excluding diaryl/α,β-unsaturated/α-hetero) is 1. The highest BCUT2D eigenvalue weighted by Crippen LogP contribution is 2.28. The summed E-state index contributed by atoms with van der Waals surface area (Å²) in [4.78, 5) is 11.9. The number of carbonyl (C=O) groups is 1. The predicted molar refractivity (Wildman–Crippen MR) is 74.2 cm³/mol. The molecular formula is C15H22O4. The van der Waals surface area contributed by atoms with Gasteiger partial charge in [0.05, 0.1) is 13.2 Å². The van der Waals surface area contributed by atoms with Crippen LogP contribution >= 0.6 is 0 Å². The van der Waals surface area contributed by atoms with Crippen molar-refractivity contribution in [2.24, 2.45) is 0 Å². The van der Waals surface area contributed by atoms with E-state index in [2.05, 4.69) is 0 Å². The van der Waals surface area contributed by atoms with E-state index in [-0.39, 0.29) is 12.4 Å². The molecule has 0 aromatic heterocycles. The Morgan fingerprint density at radius 2 is 1.74 bits per heavy atom. The molecule has 0 aliphatic carbocycles. The minimum atomic E-state index is -0.0440. The quantitative estimate of drug-likeness (QED) is 0.509. The van der Waals surface area contributed by atoms with Crippen LogP contribution in [0.4, 0.5) is 0 Å². The van der Waals surface area contributed by atoms with Gasteiger partial charge in [-0.1, -0.05) is 6.92 Å². The smallest absolute Gasteiger partial charge is 0.188 e. The van der Waals surface area contributed by atoms with Gasteiger partial charge in [-0.2, -0.15) is 0 Å². The SMILES string of the molecule is CCCOCC(=O)c1ccc(OCC)c(OCC)c1. The van der Waals surface area contributed by atoms with Crippen LogP contribution in [-0.2, 0) is 4.74 Å². The van der Waals surface area contributed by atoms with E-state index in [4.69, 9.17) is 14.2 Å². The summed E-state index contributed by atoms with van der Waals surface area (Å²) in [5, 5.41) is 0. The second-order valence-corrected chi connectivity index (χ2v) is 4.00. The van der Waals surface area contributed by atoms with Gasteiger partial charge in [0.25, 0.3) is 0 Å². The zero-order valence-corrected chi connectivity index (χ0v) is 11.9. The summed E-state index contributed by atoms with van der Waals surface area (Å²) in [6, 6.07) is 5.22. The van der Waals surface area contributed by atoms with Gasteiger partial charge in [-0.15, -0.1) is 0 Å². The lowest BCUT2D eigenvalue weighted by Gasteiger charge is -2.12. The molecule has 0 saturated heterocycles. The molecule has 0 radical (unpaired) electrons. The highest BCUT2D eigenvalue weighted by Gasteiger charge is 2.11. The highest BCUT2D eigenvalue weighted by molar-refractivity contribution is 5.97. The van der Waals surface area contributed by atoms with Crippen LogP contribution in [0, 0.1) is 0 Å². The maximum Gasteiger partial charge on any atom is 0.188 e. The topological polar surface area (TPSA) is 44.8 Å². The molecule has 0 aliphatic heterocycles.